The number of nitrogens with one attached hydrogen (secondary N) is 1. The molecule has 4 heteroatoms. The van der Waals surface area contributed by atoms with E-state index in [4.69, 9.17) is 9.57 Å². The highest BCUT2D eigenvalue weighted by molar-refractivity contribution is 5.77. The van der Waals surface area contributed by atoms with E-state index in [9.17, 15) is 4.79 Å². The molecular weight excluding hydrogens is 170 g/mol. The van der Waals surface area contributed by atoms with Gasteiger partial charge >= 0.3 is 0 Å². The molecule has 0 spiro atoms. The van der Waals surface area contributed by atoms with Crippen molar-refractivity contribution < 1.29 is 14.4 Å². The van der Waals surface area contributed by atoms with Gasteiger partial charge in [0.25, 0.3) is 0 Å². The third-order valence-electron chi connectivity index (χ3n) is 2.30. The maximum atomic E-state index is 11.3. The molecule has 1 aliphatic carbocycles. The fraction of sp³-hybridized carbons (Fsp3) is 0.889. The van der Waals surface area contributed by atoms with Gasteiger partial charge < -0.3 is 4.74 Å². The van der Waals surface area contributed by atoms with Gasteiger partial charge in [-0.2, -0.15) is 0 Å². The van der Waals surface area contributed by atoms with Gasteiger partial charge in [-0.3, -0.25) is 9.63 Å². The van der Waals surface area contributed by atoms with Crippen molar-refractivity contribution in [1.29, 1.82) is 0 Å². The molecular formula is C9H17NO3. The summed E-state index contributed by atoms with van der Waals surface area (Å²) in [6, 6.07) is 0. The minimum absolute atomic E-state index is 0.0152. The van der Waals surface area contributed by atoms with Crippen molar-refractivity contribution in [2.24, 2.45) is 11.8 Å². The zero-order valence-corrected chi connectivity index (χ0v) is 8.21. The van der Waals surface area contributed by atoms with Crippen molar-refractivity contribution in [2.75, 3.05) is 20.3 Å². The average molecular weight is 187 g/mol. The lowest BCUT2D eigenvalue weighted by Crippen LogP contribution is -2.31. The Kier molecular flexibility index (Phi) is 4.18. The smallest absolute Gasteiger partial charge is 0.246 e. The fourth-order valence-corrected chi connectivity index (χ4v) is 1.15. The Hall–Kier alpha value is -0.610. The third-order valence-corrected chi connectivity index (χ3v) is 2.30. The molecule has 13 heavy (non-hydrogen) atoms. The second-order valence-corrected chi connectivity index (χ2v) is 3.43. The summed E-state index contributed by atoms with van der Waals surface area (Å²) in [5.41, 5.74) is 2.42. The highest BCUT2D eigenvalue weighted by atomic mass is 16.7. The Morgan fingerprint density at radius 1 is 1.54 bits per heavy atom. The Morgan fingerprint density at radius 2 is 2.23 bits per heavy atom. The predicted molar refractivity (Wildman–Crippen MR) is 47.9 cm³/mol. The minimum Gasteiger partial charge on any atom is -0.382 e. The molecule has 1 atom stereocenters. The zero-order valence-electron chi connectivity index (χ0n) is 8.21. The number of carbonyl (C=O) groups is 1. The Morgan fingerprint density at radius 3 is 2.77 bits per heavy atom. The molecule has 0 aromatic heterocycles. The van der Waals surface area contributed by atoms with E-state index in [-0.39, 0.29) is 11.8 Å². The maximum absolute atomic E-state index is 11.3. The predicted octanol–water partition coefficient (Wildman–Crippen LogP) is 0.727. The summed E-state index contributed by atoms with van der Waals surface area (Å²) < 4.78 is 4.77. The van der Waals surface area contributed by atoms with Crippen LogP contribution in [0.15, 0.2) is 0 Å². The summed E-state index contributed by atoms with van der Waals surface area (Å²) in [7, 11) is 1.60. The standard InChI is InChI=1S/C9H17NO3/c1-7(8-3-4-8)9(11)10-13-6-5-12-2/h7-8H,3-6H2,1-2H3,(H,10,11). The Bertz CT molecular complexity index is 168. The highest BCUT2D eigenvalue weighted by Crippen LogP contribution is 2.36. The van der Waals surface area contributed by atoms with Gasteiger partial charge in [-0.1, -0.05) is 6.92 Å². The summed E-state index contributed by atoms with van der Waals surface area (Å²) in [5.74, 6) is 0.646. The van der Waals surface area contributed by atoms with Crippen LogP contribution in [0.3, 0.4) is 0 Å². The molecule has 1 rings (SSSR count). The highest BCUT2D eigenvalue weighted by Gasteiger charge is 2.32. The van der Waals surface area contributed by atoms with Crippen LogP contribution in [0, 0.1) is 11.8 Å². The molecule has 0 heterocycles. The first-order chi connectivity index (χ1) is 6.25. The van der Waals surface area contributed by atoms with Crippen LogP contribution in [-0.4, -0.2) is 26.2 Å². The first-order valence-electron chi connectivity index (χ1n) is 4.66. The lowest BCUT2D eigenvalue weighted by Gasteiger charge is -2.10. The molecule has 1 amide bonds. The van der Waals surface area contributed by atoms with Crippen LogP contribution < -0.4 is 5.48 Å². The van der Waals surface area contributed by atoms with E-state index in [0.29, 0.717) is 19.1 Å². The average Bonchev–Trinajstić information content (AvgIpc) is 2.94. The van der Waals surface area contributed by atoms with Gasteiger partial charge in [0, 0.05) is 13.0 Å². The van der Waals surface area contributed by atoms with Crippen LogP contribution >= 0.6 is 0 Å². The van der Waals surface area contributed by atoms with E-state index in [1.54, 1.807) is 7.11 Å². The molecule has 1 aliphatic rings. The number of hydrogen-bond donors (Lipinski definition) is 1. The van der Waals surface area contributed by atoms with Crippen LogP contribution in [-0.2, 0) is 14.4 Å². The number of hydroxylamine groups is 1. The van der Waals surface area contributed by atoms with E-state index in [1.165, 1.54) is 12.8 Å². The molecule has 0 radical (unpaired) electrons. The van der Waals surface area contributed by atoms with Crippen molar-refractivity contribution in [3.05, 3.63) is 0 Å². The SMILES string of the molecule is COCCONC(=O)C(C)C1CC1. The topological polar surface area (TPSA) is 47.6 Å². The van der Waals surface area contributed by atoms with Crippen LogP contribution in [0.2, 0.25) is 0 Å². The van der Waals surface area contributed by atoms with Gasteiger partial charge in [0.15, 0.2) is 0 Å². The summed E-state index contributed by atoms with van der Waals surface area (Å²) in [5, 5.41) is 0. The van der Waals surface area contributed by atoms with E-state index < -0.39 is 0 Å². The van der Waals surface area contributed by atoms with Crippen LogP contribution in [0.4, 0.5) is 0 Å². The van der Waals surface area contributed by atoms with E-state index in [0.717, 1.165) is 0 Å². The molecule has 1 N–H and O–H groups in total. The largest absolute Gasteiger partial charge is 0.382 e. The van der Waals surface area contributed by atoms with Crippen LogP contribution in [0.1, 0.15) is 19.8 Å². The van der Waals surface area contributed by atoms with Crippen LogP contribution in [0.25, 0.3) is 0 Å². The number of methoxy groups -OCH3 is 1. The molecule has 1 saturated carbocycles. The first kappa shape index (κ1) is 10.5. The summed E-state index contributed by atoms with van der Waals surface area (Å²) in [6.45, 7) is 2.84. The molecule has 1 fully saturated rings. The second-order valence-electron chi connectivity index (χ2n) is 3.43. The quantitative estimate of drug-likeness (QED) is 0.492. The third kappa shape index (κ3) is 3.74. The molecule has 0 saturated heterocycles. The van der Waals surface area contributed by atoms with E-state index in [2.05, 4.69) is 5.48 Å². The second kappa shape index (κ2) is 5.19. The molecule has 4 nitrogen and oxygen atoms in total. The molecule has 0 aliphatic heterocycles. The summed E-state index contributed by atoms with van der Waals surface area (Å²) in [4.78, 5) is 16.2. The zero-order chi connectivity index (χ0) is 9.68. The molecule has 0 aromatic carbocycles. The van der Waals surface area contributed by atoms with Crippen molar-refractivity contribution in [3.63, 3.8) is 0 Å². The minimum atomic E-state index is -0.0152. The molecule has 76 valence electrons. The van der Waals surface area contributed by atoms with Gasteiger partial charge in [-0.15, -0.1) is 0 Å². The molecule has 1 unspecified atom stereocenters. The number of carbonyl (C=O) groups excluding carboxylic acids is 1. The number of rotatable bonds is 6. The fourth-order valence-electron chi connectivity index (χ4n) is 1.15. The molecule has 0 aromatic rings. The monoisotopic (exact) mass is 187 g/mol. The lowest BCUT2D eigenvalue weighted by molar-refractivity contribution is -0.138. The van der Waals surface area contributed by atoms with Gasteiger partial charge in [-0.25, -0.2) is 5.48 Å². The van der Waals surface area contributed by atoms with Crippen molar-refractivity contribution in [2.45, 2.75) is 19.8 Å². The summed E-state index contributed by atoms with van der Waals surface area (Å²) >= 11 is 0. The maximum Gasteiger partial charge on any atom is 0.246 e. The van der Waals surface area contributed by atoms with Gasteiger partial charge in [0.05, 0.1) is 13.2 Å². The van der Waals surface area contributed by atoms with Gasteiger partial charge in [0.1, 0.15) is 0 Å². The Balaban J connectivity index is 2.02. The number of ether oxygens (including phenoxy) is 1. The van der Waals surface area contributed by atoms with Crippen LogP contribution in [0.5, 0.6) is 0 Å². The number of hydrogen-bond acceptors (Lipinski definition) is 3. The van der Waals surface area contributed by atoms with Crippen molar-refractivity contribution in [3.8, 4) is 0 Å². The number of amides is 1. The first-order valence-corrected chi connectivity index (χ1v) is 4.66. The van der Waals surface area contributed by atoms with E-state index >= 15 is 0 Å². The normalized spacial score (nSPS) is 18.3. The van der Waals surface area contributed by atoms with Gasteiger partial charge in [-0.05, 0) is 18.8 Å². The Labute approximate surface area is 78.5 Å². The van der Waals surface area contributed by atoms with Crippen molar-refractivity contribution in [1.82, 2.24) is 5.48 Å². The lowest BCUT2D eigenvalue weighted by atomic mass is 10.1. The van der Waals surface area contributed by atoms with E-state index in [1.807, 2.05) is 6.92 Å². The van der Waals surface area contributed by atoms with Gasteiger partial charge in [0.2, 0.25) is 5.91 Å². The van der Waals surface area contributed by atoms with Crippen molar-refractivity contribution >= 4 is 5.91 Å². The molecule has 0 bridgehead atoms. The summed E-state index contributed by atoms with van der Waals surface area (Å²) in [6.07, 6.45) is 2.35.